The van der Waals surface area contributed by atoms with E-state index in [1.807, 2.05) is 64.4 Å². The highest BCUT2D eigenvalue weighted by Gasteiger charge is 2.23. The van der Waals surface area contributed by atoms with Crippen LogP contribution >= 0.6 is 11.3 Å². The molecule has 2 aromatic heterocycles. The van der Waals surface area contributed by atoms with Crippen LogP contribution in [0.3, 0.4) is 0 Å². The summed E-state index contributed by atoms with van der Waals surface area (Å²) >= 11 is 1.59. The van der Waals surface area contributed by atoms with Crippen molar-refractivity contribution in [1.82, 2.24) is 14.9 Å². The second kappa shape index (κ2) is 6.32. The maximum absolute atomic E-state index is 13.1. The van der Waals surface area contributed by atoms with Crippen molar-refractivity contribution in [1.29, 1.82) is 0 Å². The Bertz CT molecular complexity index is 916. The molecule has 0 radical (unpaired) electrons. The minimum atomic E-state index is -0.0652. The molecule has 3 rings (SSSR count). The average Bonchev–Trinajstić information content (AvgIpc) is 2.99. The number of fused-ring (bicyclic) bond motifs is 1. The molecule has 1 amide bonds. The number of rotatable bonds is 3. The van der Waals surface area contributed by atoms with Crippen LogP contribution < -0.4 is 0 Å². The Hall–Kier alpha value is -2.27. The van der Waals surface area contributed by atoms with E-state index in [-0.39, 0.29) is 11.9 Å². The predicted octanol–water partition coefficient (Wildman–Crippen LogP) is 4.45. The highest BCUT2D eigenvalue weighted by atomic mass is 32.1. The maximum atomic E-state index is 13.1. The largest absolute Gasteiger partial charge is 0.332 e. The highest BCUT2D eigenvalue weighted by Crippen LogP contribution is 2.27. The Morgan fingerprint density at radius 3 is 2.58 bits per heavy atom. The van der Waals surface area contributed by atoms with Crippen LogP contribution in [0, 0.1) is 20.8 Å². The minimum absolute atomic E-state index is 0.00328. The standard InChI is InChI=1S/C19H21N3OS/c1-11-7-6-8-15-16(9-12(2)20-17(11)15)19(23)22(5)14(4)18-21-13(3)10-24-18/h6-10,14H,1-5H3/t14-/m0/s1. The fourth-order valence-electron chi connectivity index (χ4n) is 2.79. The predicted molar refractivity (Wildman–Crippen MR) is 98.6 cm³/mol. The topological polar surface area (TPSA) is 46.1 Å². The second-order valence-corrected chi connectivity index (χ2v) is 7.09. The summed E-state index contributed by atoms with van der Waals surface area (Å²) in [5, 5.41) is 3.87. The van der Waals surface area contributed by atoms with Gasteiger partial charge in [-0.05, 0) is 39.3 Å². The Morgan fingerprint density at radius 1 is 1.17 bits per heavy atom. The number of amides is 1. The van der Waals surface area contributed by atoms with E-state index >= 15 is 0 Å². The summed E-state index contributed by atoms with van der Waals surface area (Å²) in [6.45, 7) is 7.93. The lowest BCUT2D eigenvalue weighted by Crippen LogP contribution is -2.30. The zero-order valence-electron chi connectivity index (χ0n) is 14.6. The van der Waals surface area contributed by atoms with E-state index in [0.29, 0.717) is 5.56 Å². The van der Waals surface area contributed by atoms with Crippen molar-refractivity contribution in [2.75, 3.05) is 7.05 Å². The molecule has 3 aromatic rings. The molecule has 24 heavy (non-hydrogen) atoms. The molecule has 2 heterocycles. The third kappa shape index (κ3) is 2.91. The molecule has 5 heteroatoms. The van der Waals surface area contributed by atoms with Gasteiger partial charge in [0.1, 0.15) is 5.01 Å². The van der Waals surface area contributed by atoms with Crippen LogP contribution in [0.5, 0.6) is 0 Å². The van der Waals surface area contributed by atoms with Crippen molar-refractivity contribution in [2.45, 2.75) is 33.7 Å². The molecular formula is C19H21N3OS. The van der Waals surface area contributed by atoms with Gasteiger partial charge < -0.3 is 4.90 Å². The van der Waals surface area contributed by atoms with Gasteiger partial charge in [0, 0.05) is 29.2 Å². The van der Waals surface area contributed by atoms with Crippen molar-refractivity contribution >= 4 is 28.1 Å². The van der Waals surface area contributed by atoms with Gasteiger partial charge in [-0.2, -0.15) is 0 Å². The third-order valence-electron chi connectivity index (χ3n) is 4.30. The zero-order chi connectivity index (χ0) is 17.4. The minimum Gasteiger partial charge on any atom is -0.332 e. The summed E-state index contributed by atoms with van der Waals surface area (Å²) < 4.78 is 0. The smallest absolute Gasteiger partial charge is 0.254 e. The van der Waals surface area contributed by atoms with Crippen LogP contribution in [0.15, 0.2) is 29.6 Å². The number of hydrogen-bond acceptors (Lipinski definition) is 4. The number of para-hydroxylation sites is 1. The molecule has 0 aliphatic rings. The van der Waals surface area contributed by atoms with E-state index in [1.54, 1.807) is 16.2 Å². The number of hydrogen-bond donors (Lipinski definition) is 0. The summed E-state index contributed by atoms with van der Waals surface area (Å²) in [7, 11) is 1.83. The molecule has 0 unspecified atom stereocenters. The van der Waals surface area contributed by atoms with Gasteiger partial charge in [-0.15, -0.1) is 11.3 Å². The van der Waals surface area contributed by atoms with Gasteiger partial charge in [-0.1, -0.05) is 18.2 Å². The highest BCUT2D eigenvalue weighted by molar-refractivity contribution is 7.09. The molecule has 0 aliphatic carbocycles. The van der Waals surface area contributed by atoms with Gasteiger partial charge in [-0.25, -0.2) is 4.98 Å². The summed E-state index contributed by atoms with van der Waals surface area (Å²) in [4.78, 5) is 24.0. The molecule has 0 bridgehead atoms. The quantitative estimate of drug-likeness (QED) is 0.708. The van der Waals surface area contributed by atoms with E-state index in [0.717, 1.165) is 32.9 Å². The van der Waals surface area contributed by atoms with Crippen molar-refractivity contribution in [3.05, 3.63) is 57.2 Å². The van der Waals surface area contributed by atoms with Crippen LogP contribution in [-0.2, 0) is 0 Å². The molecule has 0 N–H and O–H groups in total. The van der Waals surface area contributed by atoms with Crippen LogP contribution in [-0.4, -0.2) is 27.8 Å². The fraction of sp³-hybridized carbons (Fsp3) is 0.316. The number of aromatic nitrogens is 2. The van der Waals surface area contributed by atoms with Crippen molar-refractivity contribution in [2.24, 2.45) is 0 Å². The first kappa shape index (κ1) is 16.6. The van der Waals surface area contributed by atoms with Gasteiger partial charge >= 0.3 is 0 Å². The third-order valence-corrected chi connectivity index (χ3v) is 5.43. The molecule has 0 aliphatic heterocycles. The van der Waals surface area contributed by atoms with Gasteiger partial charge in [0.15, 0.2) is 0 Å². The Kier molecular flexibility index (Phi) is 4.37. The SMILES string of the molecule is Cc1csc([C@H](C)N(C)C(=O)c2cc(C)nc3c(C)cccc23)n1. The van der Waals surface area contributed by atoms with Gasteiger partial charge in [0.05, 0.1) is 17.1 Å². The first-order valence-electron chi connectivity index (χ1n) is 7.94. The van der Waals surface area contributed by atoms with Crippen LogP contribution in [0.25, 0.3) is 10.9 Å². The molecule has 124 valence electrons. The van der Waals surface area contributed by atoms with Crippen molar-refractivity contribution < 1.29 is 4.79 Å². The molecule has 0 fully saturated rings. The summed E-state index contributed by atoms with van der Waals surface area (Å²) in [5.41, 5.74) is 4.52. The van der Waals surface area contributed by atoms with E-state index in [2.05, 4.69) is 9.97 Å². The van der Waals surface area contributed by atoms with E-state index in [4.69, 9.17) is 0 Å². The molecule has 0 saturated heterocycles. The molecule has 1 atom stereocenters. The molecule has 0 spiro atoms. The fourth-order valence-corrected chi connectivity index (χ4v) is 3.69. The first-order chi connectivity index (χ1) is 11.4. The van der Waals surface area contributed by atoms with Crippen LogP contribution in [0.1, 0.15) is 45.3 Å². The molecule has 4 nitrogen and oxygen atoms in total. The van der Waals surface area contributed by atoms with E-state index < -0.39 is 0 Å². The number of benzene rings is 1. The number of nitrogens with zero attached hydrogens (tertiary/aromatic N) is 3. The molecule has 1 aromatic carbocycles. The maximum Gasteiger partial charge on any atom is 0.254 e. The van der Waals surface area contributed by atoms with Crippen LogP contribution in [0.4, 0.5) is 0 Å². The van der Waals surface area contributed by atoms with Gasteiger partial charge in [-0.3, -0.25) is 9.78 Å². The number of aryl methyl sites for hydroxylation is 3. The summed E-state index contributed by atoms with van der Waals surface area (Å²) in [5.74, 6) is -0.00328. The van der Waals surface area contributed by atoms with Gasteiger partial charge in [0.25, 0.3) is 5.91 Å². The normalized spacial score (nSPS) is 12.4. The molecule has 0 saturated carbocycles. The average molecular weight is 339 g/mol. The summed E-state index contributed by atoms with van der Waals surface area (Å²) in [6.07, 6.45) is 0. The Balaban J connectivity index is 2.03. The van der Waals surface area contributed by atoms with Crippen molar-refractivity contribution in [3.63, 3.8) is 0 Å². The number of carbonyl (C=O) groups excluding carboxylic acids is 1. The van der Waals surface area contributed by atoms with Crippen LogP contribution in [0.2, 0.25) is 0 Å². The number of thiazole rings is 1. The summed E-state index contributed by atoms with van der Waals surface area (Å²) in [6, 6.07) is 7.77. The van der Waals surface area contributed by atoms with E-state index in [1.165, 1.54) is 0 Å². The van der Waals surface area contributed by atoms with E-state index in [9.17, 15) is 4.79 Å². The van der Waals surface area contributed by atoms with Gasteiger partial charge in [0.2, 0.25) is 0 Å². The monoisotopic (exact) mass is 339 g/mol. The lowest BCUT2D eigenvalue weighted by Gasteiger charge is -2.24. The number of pyridine rings is 1. The number of carbonyl (C=O) groups is 1. The lowest BCUT2D eigenvalue weighted by atomic mass is 10.0. The van der Waals surface area contributed by atoms with Crippen molar-refractivity contribution in [3.8, 4) is 0 Å². The molecular weight excluding hydrogens is 318 g/mol. The Labute approximate surface area is 146 Å². The zero-order valence-corrected chi connectivity index (χ0v) is 15.4. The second-order valence-electron chi connectivity index (χ2n) is 6.20. The Morgan fingerprint density at radius 2 is 1.92 bits per heavy atom. The first-order valence-corrected chi connectivity index (χ1v) is 8.82. The lowest BCUT2D eigenvalue weighted by molar-refractivity contribution is 0.0744.